The van der Waals surface area contributed by atoms with Crippen LogP contribution in [0.1, 0.15) is 326 Å². The Morgan fingerprint density at radius 1 is 0.345 bits per heavy atom. The van der Waals surface area contributed by atoms with Gasteiger partial charge in [0.1, 0.15) is 5.60 Å². The van der Waals surface area contributed by atoms with Crippen molar-refractivity contribution in [1.29, 1.82) is 0 Å². The molecular formula is C97H155N5O8. The monoisotopic (exact) mass is 1520 g/mol. The molecule has 13 nitrogen and oxygen atoms in total. The Balaban J connectivity index is 0.000000283. The first-order chi connectivity index (χ1) is 51.2. The van der Waals surface area contributed by atoms with E-state index in [-0.39, 0.29) is 73.8 Å². The molecule has 0 atom stereocenters. The van der Waals surface area contributed by atoms with Gasteiger partial charge in [0.2, 0.25) is 23.6 Å². The Kier molecular flexibility index (Phi) is 38.4. The van der Waals surface area contributed by atoms with Crippen molar-refractivity contribution in [2.75, 3.05) is 66.5 Å². The third kappa shape index (κ3) is 31.7. The molecule has 9 rings (SSSR count). The van der Waals surface area contributed by atoms with Gasteiger partial charge in [-0.15, -0.1) is 0 Å². The zero-order valence-corrected chi connectivity index (χ0v) is 74.5. The number of ether oxygens (including phenoxy) is 1. The summed E-state index contributed by atoms with van der Waals surface area (Å²) in [6.07, 6.45) is 52.8. The lowest BCUT2D eigenvalue weighted by Crippen LogP contribution is -2.39. The lowest BCUT2D eigenvalue weighted by Gasteiger charge is -2.33. The van der Waals surface area contributed by atoms with Crippen molar-refractivity contribution in [3.8, 4) is 0 Å². The Bertz CT molecular complexity index is 3450. The standard InChI is InChI=1S/C22H36N2O3.2C17H27NO.C14H23NO.C14H22O.C13H20O/c1-17-9-7-12-22(5,6)18(17)10-11-19(25)23-13-8-14-24(16-15-23)20(26)27-21(2,3)4;2*1-14-8-7-11-17(2,3)15(14)9-10-16(19)18-12-5-4-6-13-18;1-11-7-6-10-14(2,3)12(11)8-9-13(16)15(4)5;1-5-12(15)8-9-13-11(2)7-6-10-14(13,3)4;1-10-6-5-9-13(3,4)12(10)8-7-11(2)14/h10-11H,7-9,12-16H2,1-6H3;2*9-10H,4-8,11-13H2,1-3H3;8-9H,6-7,10H2,1-5H3;8-9H,5-7,10H2,1-4H3;7-8H,5-6,9H2,1-4H3/b11-10+;2*10-9+;2*9-8+;8-7+. The normalized spacial score (nSPS) is 22.2. The summed E-state index contributed by atoms with van der Waals surface area (Å²) < 4.78 is 5.45. The maximum Gasteiger partial charge on any atom is 0.410 e. The van der Waals surface area contributed by atoms with Crippen LogP contribution >= 0.6 is 0 Å². The second-order valence-electron chi connectivity index (χ2n) is 38.2. The van der Waals surface area contributed by atoms with E-state index < -0.39 is 5.60 Å². The van der Waals surface area contributed by atoms with Crippen LogP contribution in [0.5, 0.6) is 0 Å². The van der Waals surface area contributed by atoms with Crippen molar-refractivity contribution in [3.05, 3.63) is 140 Å². The van der Waals surface area contributed by atoms with Gasteiger partial charge in [-0.3, -0.25) is 28.8 Å². The topological polar surface area (TPSA) is 145 Å². The molecular weight excluding hydrogens is 1360 g/mol. The number of nitrogens with zero attached hydrogens (tertiary/aromatic N) is 5. The first-order valence-corrected chi connectivity index (χ1v) is 42.6. The fourth-order valence-corrected chi connectivity index (χ4v) is 17.5. The summed E-state index contributed by atoms with van der Waals surface area (Å²) >= 11 is 0. The number of allylic oxidation sites excluding steroid dienone is 20. The molecule has 0 saturated carbocycles. The molecule has 110 heavy (non-hydrogen) atoms. The third-order valence-electron chi connectivity index (χ3n) is 24.3. The highest BCUT2D eigenvalue weighted by atomic mass is 16.6. The van der Waals surface area contributed by atoms with E-state index in [0.29, 0.717) is 32.6 Å². The molecule has 3 fully saturated rings. The van der Waals surface area contributed by atoms with Gasteiger partial charge in [0.15, 0.2) is 11.6 Å². The number of amides is 5. The lowest BCUT2D eigenvalue weighted by molar-refractivity contribution is -0.127. The number of hydrogen-bond donors (Lipinski definition) is 0. The fraction of sp³-hybridized carbons (Fsp3) is 0.680. The zero-order chi connectivity index (χ0) is 82.6. The smallest absolute Gasteiger partial charge is 0.410 e. The number of rotatable bonds is 13. The molecule has 6 aliphatic carbocycles. The van der Waals surface area contributed by atoms with E-state index in [0.717, 1.165) is 71.1 Å². The van der Waals surface area contributed by atoms with Crippen molar-refractivity contribution in [2.24, 2.45) is 32.5 Å². The molecule has 3 saturated heterocycles. The van der Waals surface area contributed by atoms with Crippen molar-refractivity contribution >= 4 is 41.3 Å². The minimum Gasteiger partial charge on any atom is -0.444 e. The van der Waals surface area contributed by atoms with Gasteiger partial charge in [0.25, 0.3) is 0 Å². The van der Waals surface area contributed by atoms with Gasteiger partial charge < -0.3 is 29.2 Å². The molecule has 13 heteroatoms. The Hall–Kier alpha value is -6.63. The molecule has 0 aromatic carbocycles. The zero-order valence-electron chi connectivity index (χ0n) is 74.5. The average molecular weight is 1520 g/mol. The highest BCUT2D eigenvalue weighted by Gasteiger charge is 2.33. The molecule has 616 valence electrons. The van der Waals surface area contributed by atoms with Gasteiger partial charge in [-0.2, -0.15) is 0 Å². The highest BCUT2D eigenvalue weighted by Crippen LogP contribution is 2.46. The minimum absolute atomic E-state index is 0.0303. The summed E-state index contributed by atoms with van der Waals surface area (Å²) in [7, 11) is 3.56. The molecule has 0 unspecified atom stereocenters. The van der Waals surface area contributed by atoms with E-state index in [1.54, 1.807) is 67.3 Å². The van der Waals surface area contributed by atoms with E-state index in [4.69, 9.17) is 4.74 Å². The molecule has 5 amide bonds. The lowest BCUT2D eigenvalue weighted by atomic mass is 9.72. The molecule has 3 heterocycles. The highest BCUT2D eigenvalue weighted by molar-refractivity contribution is 5.91. The second-order valence-corrected chi connectivity index (χ2v) is 38.2. The predicted molar refractivity (Wildman–Crippen MR) is 461 cm³/mol. The summed E-state index contributed by atoms with van der Waals surface area (Å²) in [6.45, 7) is 55.6. The summed E-state index contributed by atoms with van der Waals surface area (Å²) in [6, 6.07) is 0. The molecule has 0 bridgehead atoms. The Morgan fingerprint density at radius 2 is 0.591 bits per heavy atom. The minimum atomic E-state index is -0.500. The van der Waals surface area contributed by atoms with Crippen LogP contribution < -0.4 is 0 Å². The first kappa shape index (κ1) is 95.7. The molecule has 0 aromatic heterocycles. The predicted octanol–water partition coefficient (Wildman–Crippen LogP) is 23.6. The molecule has 3 aliphatic heterocycles. The number of ketones is 2. The Labute approximate surface area is 671 Å². The van der Waals surface area contributed by atoms with Crippen LogP contribution in [0.25, 0.3) is 0 Å². The van der Waals surface area contributed by atoms with Gasteiger partial charge in [0, 0.05) is 97.2 Å². The number of likely N-dealkylation sites (tertiary alicyclic amines) is 2. The van der Waals surface area contributed by atoms with Crippen LogP contribution in [0, 0.1) is 32.5 Å². The number of likely N-dealkylation sites (N-methyl/N-ethyl adjacent to an activating group) is 1. The van der Waals surface area contributed by atoms with Gasteiger partial charge in [-0.1, -0.05) is 160 Å². The molecule has 9 aliphatic rings. The van der Waals surface area contributed by atoms with Gasteiger partial charge in [0.05, 0.1) is 0 Å². The number of carbonyl (C=O) groups is 7. The quantitative estimate of drug-likeness (QED) is 0.166. The third-order valence-corrected chi connectivity index (χ3v) is 24.3. The van der Waals surface area contributed by atoms with Crippen molar-refractivity contribution in [2.45, 2.75) is 332 Å². The number of carbonyl (C=O) groups excluding carboxylic acids is 7. The number of piperidine rings is 2. The summed E-state index contributed by atoms with van der Waals surface area (Å²) in [5.74, 6) is 0.829. The van der Waals surface area contributed by atoms with Gasteiger partial charge >= 0.3 is 6.09 Å². The van der Waals surface area contributed by atoms with Crippen molar-refractivity contribution in [3.63, 3.8) is 0 Å². The summed E-state index contributed by atoms with van der Waals surface area (Å²) in [5, 5.41) is 0. The van der Waals surface area contributed by atoms with Crippen molar-refractivity contribution < 1.29 is 38.3 Å². The van der Waals surface area contributed by atoms with E-state index in [1.165, 1.54) is 182 Å². The van der Waals surface area contributed by atoms with E-state index in [9.17, 15) is 33.6 Å². The van der Waals surface area contributed by atoms with Crippen LogP contribution in [0.4, 0.5) is 4.79 Å². The molecule has 0 radical (unpaired) electrons. The van der Waals surface area contributed by atoms with Crippen LogP contribution in [0.2, 0.25) is 0 Å². The van der Waals surface area contributed by atoms with E-state index in [2.05, 4.69) is 137 Å². The van der Waals surface area contributed by atoms with Crippen LogP contribution in [-0.4, -0.2) is 138 Å². The summed E-state index contributed by atoms with van der Waals surface area (Å²) in [5.41, 5.74) is 17.5. The maximum atomic E-state index is 12.7. The van der Waals surface area contributed by atoms with Crippen LogP contribution in [-0.2, 0) is 33.5 Å². The van der Waals surface area contributed by atoms with E-state index >= 15 is 0 Å². The largest absolute Gasteiger partial charge is 0.444 e. The average Bonchev–Trinajstić information content (AvgIpc) is 0.904. The Morgan fingerprint density at radius 3 is 0.855 bits per heavy atom. The van der Waals surface area contributed by atoms with Gasteiger partial charge in [-0.05, 0) is 308 Å². The maximum absolute atomic E-state index is 12.7. The first-order valence-electron chi connectivity index (χ1n) is 42.6. The van der Waals surface area contributed by atoms with Crippen LogP contribution in [0.15, 0.2) is 140 Å². The molecule has 0 N–H and O–H groups in total. The molecule has 0 spiro atoms. The van der Waals surface area contributed by atoms with Crippen LogP contribution in [0.3, 0.4) is 0 Å². The second kappa shape index (κ2) is 44.1. The van der Waals surface area contributed by atoms with Crippen molar-refractivity contribution in [1.82, 2.24) is 24.5 Å². The number of hydrogen-bond acceptors (Lipinski definition) is 8. The SMILES string of the molecule is CC(=O)/C=C/C1=C(C)CCCC1(C)C.CC1=C(/C=C/C(=O)N(C)C)C(C)(C)CCC1.CC1=C(/C=C/C(=O)N2CCCCC2)C(C)(C)CCC1.CC1=C(/C=C/C(=O)N2CCCCC2)C(C)(C)CCC1.CC1=C(/C=C/C(=O)N2CCCN(C(=O)OC(C)(C)C)CC2)C(C)(C)CCC1.CCC(=O)/C=C/C1=C(C)CCCC1(C)C. The molecule has 0 aromatic rings. The summed E-state index contributed by atoms with van der Waals surface area (Å²) in [4.78, 5) is 92.1. The van der Waals surface area contributed by atoms with Gasteiger partial charge in [-0.25, -0.2) is 4.79 Å². The van der Waals surface area contributed by atoms with E-state index in [1.807, 2.05) is 66.7 Å². The fourth-order valence-electron chi connectivity index (χ4n) is 17.5.